The lowest BCUT2D eigenvalue weighted by Crippen LogP contribution is -2.31. The number of ether oxygens (including phenoxy) is 2. The molecule has 2 aromatic heterocycles. The summed E-state index contributed by atoms with van der Waals surface area (Å²) in [6.07, 6.45) is 14.9. The van der Waals surface area contributed by atoms with Crippen LogP contribution in [0.25, 0.3) is 21.8 Å². The molecule has 4 aromatic carbocycles. The fourth-order valence-electron chi connectivity index (χ4n) is 7.71. The number of benzene rings is 4. The van der Waals surface area contributed by atoms with Gasteiger partial charge in [0, 0.05) is 69.9 Å². The number of aromatic nitrogens is 2. The van der Waals surface area contributed by atoms with E-state index in [1.54, 1.807) is 6.20 Å². The van der Waals surface area contributed by atoms with Crippen molar-refractivity contribution < 1.29 is 9.47 Å². The molecule has 0 spiro atoms. The summed E-state index contributed by atoms with van der Waals surface area (Å²) in [6, 6.07) is 32.2. The van der Waals surface area contributed by atoms with E-state index in [2.05, 4.69) is 54.7 Å². The van der Waals surface area contributed by atoms with Gasteiger partial charge in [-0.1, -0.05) is 48.2 Å². The average molecular weight is 820 g/mol. The Kier molecular flexibility index (Phi) is 15.7. The highest BCUT2D eigenvalue weighted by molar-refractivity contribution is 6.31. The molecule has 6 aromatic rings. The topological polar surface area (TPSA) is 74.8 Å². The number of fused-ring (bicyclic) bond motifs is 2. The summed E-state index contributed by atoms with van der Waals surface area (Å²) in [7, 11) is 0. The molecule has 0 aliphatic carbocycles. The largest absolute Gasteiger partial charge is 0.494 e. The smallest absolute Gasteiger partial charge is 0.119 e. The van der Waals surface area contributed by atoms with E-state index in [4.69, 9.17) is 32.7 Å². The second-order valence-corrected chi connectivity index (χ2v) is 16.1. The van der Waals surface area contributed by atoms with E-state index in [-0.39, 0.29) is 0 Å². The van der Waals surface area contributed by atoms with Crippen LogP contribution in [0.1, 0.15) is 56.9 Å². The third kappa shape index (κ3) is 12.7. The van der Waals surface area contributed by atoms with Crippen LogP contribution in [0.3, 0.4) is 0 Å². The Morgan fingerprint density at radius 2 is 1.05 bits per heavy atom. The Hall–Kier alpha value is -4.60. The van der Waals surface area contributed by atoms with Gasteiger partial charge in [-0.15, -0.1) is 0 Å². The van der Waals surface area contributed by atoms with Crippen LogP contribution in [0.15, 0.2) is 109 Å². The number of anilines is 3. The second kappa shape index (κ2) is 22.0. The van der Waals surface area contributed by atoms with Crippen LogP contribution in [0, 0.1) is 0 Å². The molecule has 10 heteroatoms. The van der Waals surface area contributed by atoms with E-state index < -0.39 is 0 Å². The van der Waals surface area contributed by atoms with E-state index in [1.165, 1.54) is 70.3 Å². The van der Waals surface area contributed by atoms with Crippen LogP contribution < -0.4 is 20.1 Å². The SMILES string of the molecule is Clc1ccc2c(NCCc3ccc(OCCCN4CCCCC4)cc3)ccnc2c1.Clc1ccc2c(Nc3ccc(OCCCN4CCCCC4)cc3)ccnc2c1. The molecule has 2 aliphatic heterocycles. The van der Waals surface area contributed by atoms with Gasteiger partial charge in [-0.05, 0) is 162 Å². The number of pyridine rings is 2. The van der Waals surface area contributed by atoms with Gasteiger partial charge in [-0.3, -0.25) is 9.97 Å². The molecule has 2 aliphatic rings. The molecule has 2 fully saturated rings. The number of nitrogens with zero attached hydrogens (tertiary/aromatic N) is 4. The highest BCUT2D eigenvalue weighted by Crippen LogP contribution is 2.28. The zero-order valence-electron chi connectivity index (χ0n) is 33.5. The van der Waals surface area contributed by atoms with E-state index in [0.29, 0.717) is 10.0 Å². The minimum atomic E-state index is 0.693. The van der Waals surface area contributed by atoms with Crippen molar-refractivity contribution in [3.63, 3.8) is 0 Å². The fraction of sp³-hybridized carbons (Fsp3) is 0.375. The maximum atomic E-state index is 6.07. The first kappa shape index (κ1) is 41.6. The zero-order chi connectivity index (χ0) is 39.8. The van der Waals surface area contributed by atoms with Crippen molar-refractivity contribution in [2.24, 2.45) is 0 Å². The minimum absolute atomic E-state index is 0.693. The molecular formula is C48H56Cl2N6O2. The first-order valence-corrected chi connectivity index (χ1v) is 21.8. The van der Waals surface area contributed by atoms with Crippen LogP contribution in [-0.2, 0) is 6.42 Å². The monoisotopic (exact) mass is 818 g/mol. The first-order valence-electron chi connectivity index (χ1n) is 21.0. The summed E-state index contributed by atoms with van der Waals surface area (Å²) in [4.78, 5) is 13.9. The van der Waals surface area contributed by atoms with Gasteiger partial charge in [0.2, 0.25) is 0 Å². The van der Waals surface area contributed by atoms with Gasteiger partial charge < -0.3 is 29.9 Å². The molecule has 0 atom stereocenters. The number of halogens is 2. The van der Waals surface area contributed by atoms with Crippen molar-refractivity contribution in [1.29, 1.82) is 0 Å². The first-order chi connectivity index (χ1) is 28.6. The molecule has 0 unspecified atom stereocenters. The van der Waals surface area contributed by atoms with Crippen molar-refractivity contribution in [3.05, 3.63) is 125 Å². The Bertz CT molecular complexity index is 2160. The summed E-state index contributed by atoms with van der Waals surface area (Å²) in [5, 5.41) is 10.5. The zero-order valence-corrected chi connectivity index (χ0v) is 35.0. The predicted molar refractivity (Wildman–Crippen MR) is 243 cm³/mol. The lowest BCUT2D eigenvalue weighted by atomic mass is 10.1. The third-order valence-corrected chi connectivity index (χ3v) is 11.3. The van der Waals surface area contributed by atoms with Crippen molar-refractivity contribution in [3.8, 4) is 11.5 Å². The predicted octanol–water partition coefficient (Wildman–Crippen LogP) is 11.7. The number of likely N-dealkylation sites (tertiary alicyclic amines) is 2. The second-order valence-electron chi connectivity index (χ2n) is 15.2. The summed E-state index contributed by atoms with van der Waals surface area (Å²) < 4.78 is 11.8. The average Bonchev–Trinajstić information content (AvgIpc) is 3.26. The Labute approximate surface area is 353 Å². The standard InChI is InChI=1S/C25H30ClN3O.C23H26ClN3O/c26-21-7-10-23-24(12-14-28-25(23)19-21)27-13-11-20-5-8-22(9-6-20)30-18-4-17-29-15-2-1-3-16-29;24-18-5-10-21-22(11-12-25-23(21)17-18)26-19-6-8-20(9-7-19)28-16-4-15-27-13-2-1-3-14-27/h5-10,12,14,19H,1-4,11,13,15-18H2,(H,27,28);5-12,17H,1-4,13-16H2,(H,25,26). The van der Waals surface area contributed by atoms with Crippen molar-refractivity contribution >= 4 is 62.1 Å². The number of rotatable bonds is 16. The third-order valence-electron chi connectivity index (χ3n) is 10.9. The molecule has 0 bridgehead atoms. The maximum absolute atomic E-state index is 6.07. The van der Waals surface area contributed by atoms with Gasteiger partial charge >= 0.3 is 0 Å². The van der Waals surface area contributed by atoms with Gasteiger partial charge in [0.25, 0.3) is 0 Å². The number of hydrogen-bond acceptors (Lipinski definition) is 8. The van der Waals surface area contributed by atoms with Gasteiger partial charge in [0.1, 0.15) is 11.5 Å². The summed E-state index contributed by atoms with van der Waals surface area (Å²) in [5.41, 5.74) is 6.20. The van der Waals surface area contributed by atoms with Crippen molar-refractivity contribution in [2.75, 3.05) is 69.7 Å². The molecule has 0 saturated carbocycles. The molecule has 2 saturated heterocycles. The fourth-order valence-corrected chi connectivity index (χ4v) is 8.04. The van der Waals surface area contributed by atoms with E-state index >= 15 is 0 Å². The van der Waals surface area contributed by atoms with Crippen molar-refractivity contribution in [1.82, 2.24) is 19.8 Å². The quantitative estimate of drug-likeness (QED) is 0.0936. The molecule has 0 radical (unpaired) electrons. The van der Waals surface area contributed by atoms with Gasteiger partial charge in [-0.25, -0.2) is 0 Å². The number of piperidine rings is 2. The molecule has 58 heavy (non-hydrogen) atoms. The van der Waals surface area contributed by atoms with E-state index in [0.717, 1.165) is 102 Å². The molecule has 4 heterocycles. The van der Waals surface area contributed by atoms with Gasteiger partial charge in [0.05, 0.1) is 24.2 Å². The molecular weight excluding hydrogens is 763 g/mol. The lowest BCUT2D eigenvalue weighted by molar-refractivity contribution is 0.205. The lowest BCUT2D eigenvalue weighted by Gasteiger charge is -2.26. The molecule has 2 N–H and O–H groups in total. The van der Waals surface area contributed by atoms with Crippen LogP contribution in [-0.4, -0.2) is 78.8 Å². The Morgan fingerprint density at radius 1 is 0.552 bits per heavy atom. The van der Waals surface area contributed by atoms with Gasteiger partial charge in [-0.2, -0.15) is 0 Å². The highest BCUT2D eigenvalue weighted by Gasteiger charge is 2.11. The normalized spacial score (nSPS) is 14.8. The molecule has 8 rings (SSSR count). The Balaban J connectivity index is 0.000000177. The van der Waals surface area contributed by atoms with Crippen LogP contribution >= 0.6 is 23.2 Å². The van der Waals surface area contributed by atoms with Gasteiger partial charge in [0.15, 0.2) is 0 Å². The van der Waals surface area contributed by atoms with E-state index in [9.17, 15) is 0 Å². The van der Waals surface area contributed by atoms with Crippen LogP contribution in [0.4, 0.5) is 17.1 Å². The number of nitrogens with one attached hydrogen (secondary N) is 2. The van der Waals surface area contributed by atoms with E-state index in [1.807, 2.05) is 79.0 Å². The van der Waals surface area contributed by atoms with Crippen LogP contribution in [0.2, 0.25) is 10.0 Å². The van der Waals surface area contributed by atoms with Crippen molar-refractivity contribution in [2.45, 2.75) is 57.8 Å². The van der Waals surface area contributed by atoms with Crippen LogP contribution in [0.5, 0.6) is 11.5 Å². The minimum Gasteiger partial charge on any atom is -0.494 e. The summed E-state index contributed by atoms with van der Waals surface area (Å²) >= 11 is 12.1. The number of hydrogen-bond donors (Lipinski definition) is 2. The molecule has 8 nitrogen and oxygen atoms in total. The Morgan fingerprint density at radius 3 is 1.60 bits per heavy atom. The molecule has 0 amide bonds. The highest BCUT2D eigenvalue weighted by atomic mass is 35.5. The summed E-state index contributed by atoms with van der Waals surface area (Å²) in [5.74, 6) is 1.87. The molecule has 304 valence electrons. The summed E-state index contributed by atoms with van der Waals surface area (Å²) in [6.45, 7) is 9.70. The maximum Gasteiger partial charge on any atom is 0.119 e.